The van der Waals surface area contributed by atoms with E-state index in [1.165, 1.54) is 5.39 Å². The summed E-state index contributed by atoms with van der Waals surface area (Å²) in [5.41, 5.74) is 3.75. The van der Waals surface area contributed by atoms with Gasteiger partial charge in [-0.1, -0.05) is 53.5 Å². The Kier molecular flexibility index (Phi) is 5.93. The van der Waals surface area contributed by atoms with Gasteiger partial charge in [0.25, 0.3) is 0 Å². The first kappa shape index (κ1) is 20.3. The Morgan fingerprint density at radius 3 is 2.07 bits per heavy atom. The van der Waals surface area contributed by atoms with E-state index in [0.29, 0.717) is 10.0 Å². The minimum atomic E-state index is 0.652. The largest absolute Gasteiger partial charge is 0.378 e. The van der Waals surface area contributed by atoms with E-state index in [4.69, 9.17) is 28.3 Å². The number of nitrogens with zero attached hydrogens (tertiary/aromatic N) is 3. The molecule has 0 aromatic heterocycles. The van der Waals surface area contributed by atoms with Crippen LogP contribution in [0.5, 0.6) is 0 Å². The summed E-state index contributed by atoms with van der Waals surface area (Å²) < 4.78 is 0. The lowest BCUT2D eigenvalue weighted by atomic mass is 10.1. The fourth-order valence-electron chi connectivity index (χ4n) is 3.19. The van der Waals surface area contributed by atoms with Gasteiger partial charge in [0.1, 0.15) is 0 Å². The van der Waals surface area contributed by atoms with Crippen molar-refractivity contribution < 1.29 is 0 Å². The predicted octanol–water partition coefficient (Wildman–Crippen LogP) is 7.38. The van der Waals surface area contributed by atoms with E-state index in [-0.39, 0.29) is 0 Å². The number of anilines is 3. The molecule has 0 heterocycles. The molecule has 0 aliphatic rings. The van der Waals surface area contributed by atoms with E-state index in [0.717, 1.165) is 28.0 Å². The number of hydrogen-bond acceptors (Lipinski definition) is 3. The molecule has 0 N–H and O–H groups in total. The summed E-state index contributed by atoms with van der Waals surface area (Å²) in [6, 6.07) is 28.1. The minimum Gasteiger partial charge on any atom is -0.378 e. The van der Waals surface area contributed by atoms with Crippen molar-refractivity contribution in [2.45, 2.75) is 0 Å². The Morgan fingerprint density at radius 2 is 1.37 bits per heavy atom. The van der Waals surface area contributed by atoms with Gasteiger partial charge in [-0.05, 0) is 65.4 Å². The number of hydrogen-bond donors (Lipinski definition) is 0. The van der Waals surface area contributed by atoms with Crippen LogP contribution in [0.25, 0.3) is 10.8 Å². The maximum atomic E-state index is 6.49. The lowest BCUT2D eigenvalue weighted by Gasteiger charge is -2.20. The van der Waals surface area contributed by atoms with Gasteiger partial charge in [-0.25, -0.2) is 5.01 Å². The van der Waals surface area contributed by atoms with E-state index in [2.05, 4.69) is 30.3 Å². The molecule has 0 saturated heterocycles. The van der Waals surface area contributed by atoms with Gasteiger partial charge in [-0.2, -0.15) is 5.10 Å². The average Bonchev–Trinajstić information content (AvgIpc) is 2.75. The fraction of sp³-hybridized carbons (Fsp3) is 0.0800. The van der Waals surface area contributed by atoms with Crippen molar-refractivity contribution in [3.05, 3.63) is 101 Å². The zero-order chi connectivity index (χ0) is 21.1. The third-order valence-electron chi connectivity index (χ3n) is 4.86. The van der Waals surface area contributed by atoms with Gasteiger partial charge in [0.15, 0.2) is 0 Å². The highest BCUT2D eigenvalue weighted by molar-refractivity contribution is 6.33. The van der Waals surface area contributed by atoms with Crippen molar-refractivity contribution in [2.24, 2.45) is 5.10 Å². The molecule has 4 rings (SSSR count). The summed E-state index contributed by atoms with van der Waals surface area (Å²) in [6.07, 6.45) is 1.78. The first-order chi connectivity index (χ1) is 14.5. The molecule has 0 radical (unpaired) electrons. The van der Waals surface area contributed by atoms with Crippen LogP contribution in [0.2, 0.25) is 10.0 Å². The molecular weight excluding hydrogens is 413 g/mol. The monoisotopic (exact) mass is 433 g/mol. The summed E-state index contributed by atoms with van der Waals surface area (Å²) in [5.74, 6) is 0. The van der Waals surface area contributed by atoms with Gasteiger partial charge < -0.3 is 4.90 Å². The van der Waals surface area contributed by atoms with Gasteiger partial charge in [-0.15, -0.1) is 0 Å². The summed E-state index contributed by atoms with van der Waals surface area (Å²) >= 11 is 12.6. The molecule has 5 heteroatoms. The highest BCUT2D eigenvalue weighted by Gasteiger charge is 2.10. The summed E-state index contributed by atoms with van der Waals surface area (Å²) in [4.78, 5) is 2.02. The van der Waals surface area contributed by atoms with Crippen molar-refractivity contribution in [1.29, 1.82) is 0 Å². The summed E-state index contributed by atoms with van der Waals surface area (Å²) in [7, 11) is 3.98. The molecule has 0 bridgehead atoms. The number of fused-ring (bicyclic) bond motifs is 1. The zero-order valence-corrected chi connectivity index (χ0v) is 18.3. The molecule has 0 atom stereocenters. The predicted molar refractivity (Wildman–Crippen MR) is 131 cm³/mol. The molecule has 0 aliphatic carbocycles. The van der Waals surface area contributed by atoms with E-state index in [1.807, 2.05) is 78.6 Å². The molecule has 0 unspecified atom stereocenters. The van der Waals surface area contributed by atoms with Gasteiger partial charge in [0, 0.05) is 30.4 Å². The van der Waals surface area contributed by atoms with E-state index in [9.17, 15) is 0 Å². The lowest BCUT2D eigenvalue weighted by Crippen LogP contribution is -2.10. The molecule has 4 aromatic carbocycles. The second-order valence-corrected chi connectivity index (χ2v) is 8.01. The van der Waals surface area contributed by atoms with Crippen molar-refractivity contribution in [3.63, 3.8) is 0 Å². The number of benzene rings is 4. The molecule has 0 amide bonds. The quantitative estimate of drug-likeness (QED) is 0.241. The Balaban J connectivity index is 1.75. The molecule has 4 aromatic rings. The molecule has 0 spiro atoms. The first-order valence-corrected chi connectivity index (χ1v) is 10.3. The third kappa shape index (κ3) is 4.43. The third-order valence-corrected chi connectivity index (χ3v) is 5.44. The van der Waals surface area contributed by atoms with Crippen molar-refractivity contribution >= 4 is 57.3 Å². The van der Waals surface area contributed by atoms with Crippen molar-refractivity contribution in [2.75, 3.05) is 24.0 Å². The molecule has 0 aliphatic heterocycles. The maximum Gasteiger partial charge on any atom is 0.0659 e. The van der Waals surface area contributed by atoms with Crippen molar-refractivity contribution in [1.82, 2.24) is 0 Å². The summed E-state index contributed by atoms with van der Waals surface area (Å²) in [5, 5.41) is 10.3. The van der Waals surface area contributed by atoms with Gasteiger partial charge in [0.2, 0.25) is 0 Å². The van der Waals surface area contributed by atoms with Crippen LogP contribution in [0.3, 0.4) is 0 Å². The number of hydrazone groups is 1. The van der Waals surface area contributed by atoms with Crippen LogP contribution in [-0.2, 0) is 0 Å². The molecule has 0 fully saturated rings. The zero-order valence-electron chi connectivity index (χ0n) is 16.8. The van der Waals surface area contributed by atoms with Crippen LogP contribution in [0.15, 0.2) is 90.0 Å². The van der Waals surface area contributed by atoms with Crippen LogP contribution in [0.4, 0.5) is 17.1 Å². The molecular formula is C25H21Cl2N3. The lowest BCUT2D eigenvalue weighted by molar-refractivity contribution is 1.09. The maximum absolute atomic E-state index is 6.49. The SMILES string of the molecule is CN(C)c1ccc(/C=N/N(c2ccc(Cl)cc2)c2ccc3ccccc3c2)c(Cl)c1. The van der Waals surface area contributed by atoms with E-state index in [1.54, 1.807) is 6.21 Å². The van der Waals surface area contributed by atoms with Crippen LogP contribution in [0.1, 0.15) is 5.56 Å². The van der Waals surface area contributed by atoms with Gasteiger partial charge >= 0.3 is 0 Å². The number of rotatable bonds is 5. The van der Waals surface area contributed by atoms with Crippen LogP contribution < -0.4 is 9.91 Å². The van der Waals surface area contributed by atoms with E-state index < -0.39 is 0 Å². The standard InChI is InChI=1S/C25H21Cl2N3/c1-29(2)23-11-8-20(25(27)16-23)17-28-30(22-13-9-21(26)10-14-22)24-12-7-18-5-3-4-6-19(18)15-24/h3-17H,1-2H3/b28-17+. The molecule has 3 nitrogen and oxygen atoms in total. The molecule has 150 valence electrons. The second kappa shape index (κ2) is 8.78. The second-order valence-electron chi connectivity index (χ2n) is 7.16. The van der Waals surface area contributed by atoms with Crippen LogP contribution in [-0.4, -0.2) is 20.3 Å². The molecule has 0 saturated carbocycles. The number of halogens is 2. The Morgan fingerprint density at radius 1 is 0.700 bits per heavy atom. The minimum absolute atomic E-state index is 0.652. The highest BCUT2D eigenvalue weighted by Crippen LogP contribution is 2.30. The average molecular weight is 434 g/mol. The van der Waals surface area contributed by atoms with Gasteiger partial charge in [0.05, 0.1) is 22.6 Å². The van der Waals surface area contributed by atoms with Crippen LogP contribution >= 0.6 is 23.2 Å². The van der Waals surface area contributed by atoms with Crippen LogP contribution in [0, 0.1) is 0 Å². The Bertz CT molecular complexity index is 1200. The van der Waals surface area contributed by atoms with Gasteiger partial charge in [-0.3, -0.25) is 0 Å². The Hall–Kier alpha value is -3.01. The van der Waals surface area contributed by atoms with Crippen molar-refractivity contribution in [3.8, 4) is 0 Å². The summed E-state index contributed by atoms with van der Waals surface area (Å²) in [6.45, 7) is 0. The first-order valence-electron chi connectivity index (χ1n) is 9.56. The smallest absolute Gasteiger partial charge is 0.0659 e. The normalized spacial score (nSPS) is 11.2. The highest BCUT2D eigenvalue weighted by atomic mass is 35.5. The Labute approximate surface area is 186 Å². The van der Waals surface area contributed by atoms with E-state index >= 15 is 0 Å². The molecule has 30 heavy (non-hydrogen) atoms. The topological polar surface area (TPSA) is 18.8 Å². The fourth-order valence-corrected chi connectivity index (χ4v) is 3.54.